The lowest BCUT2D eigenvalue weighted by Crippen LogP contribution is -2.59. The average Bonchev–Trinajstić information content (AvgIpc) is 2.82. The van der Waals surface area contributed by atoms with E-state index in [9.17, 15) is 50.4 Å². The first kappa shape index (κ1) is 25.6. The smallest absolute Gasteiger partial charge is 0.338 e. The molecular weight excluding hydrogens is 472 g/mol. The maximum Gasteiger partial charge on any atom is 0.338 e. The number of aliphatic hydroxyl groups excluding tert-OH is 3. The lowest BCUT2D eigenvalue weighted by molar-refractivity contribution is -0.290. The number of aliphatic hydroxyl groups is 3. The molecule has 0 amide bonds. The van der Waals surface area contributed by atoms with Crippen LogP contribution in [-0.2, 0) is 19.0 Å². The van der Waals surface area contributed by atoms with Gasteiger partial charge in [-0.2, -0.15) is 0 Å². The van der Waals surface area contributed by atoms with Crippen molar-refractivity contribution in [2.75, 3.05) is 6.61 Å². The van der Waals surface area contributed by atoms with Gasteiger partial charge in [-0.05, 0) is 35.9 Å². The topological polar surface area (TPSA) is 224 Å². The lowest BCUT2D eigenvalue weighted by Gasteiger charge is -2.39. The van der Waals surface area contributed by atoms with Crippen molar-refractivity contribution in [3.05, 3.63) is 47.5 Å². The Kier molecular flexibility index (Phi) is 7.66. The highest BCUT2D eigenvalue weighted by molar-refractivity contribution is 5.91. The third kappa shape index (κ3) is 5.91. The normalized spacial score (nSPS) is 24.3. The van der Waals surface area contributed by atoms with Crippen LogP contribution in [0.4, 0.5) is 0 Å². The molecule has 1 saturated heterocycles. The van der Waals surface area contributed by atoms with Gasteiger partial charge in [0, 0.05) is 6.08 Å². The summed E-state index contributed by atoms with van der Waals surface area (Å²) in [6.45, 7) is -0.692. The molecule has 3 rings (SSSR count). The van der Waals surface area contributed by atoms with Crippen LogP contribution < -0.4 is 0 Å². The number of rotatable bonds is 6. The van der Waals surface area contributed by atoms with Crippen molar-refractivity contribution >= 4 is 18.0 Å². The van der Waals surface area contributed by atoms with Crippen LogP contribution in [0.5, 0.6) is 28.7 Å². The second-order valence-corrected chi connectivity index (χ2v) is 7.49. The molecule has 13 nitrogen and oxygen atoms in total. The molecule has 35 heavy (non-hydrogen) atoms. The summed E-state index contributed by atoms with van der Waals surface area (Å²) in [5, 5.41) is 77.4. The van der Waals surface area contributed by atoms with Crippen LogP contribution in [0, 0.1) is 0 Å². The van der Waals surface area contributed by atoms with Crippen LogP contribution in [-0.4, -0.2) is 90.1 Å². The minimum absolute atomic E-state index is 0.328. The molecule has 0 unspecified atom stereocenters. The van der Waals surface area contributed by atoms with Crippen LogP contribution in [0.15, 0.2) is 36.4 Å². The standard InChI is InChI=1S/C22H22O13/c23-11-3-1-9(5-12(11)24)2-4-16(27)35-22-20(31)19(30)18(29)15(34-22)8-33-21(32)10-6-13(25)17(28)14(26)7-10/h1-7,15,18-20,22-26,28-31H,8H2/b4-2+/t15-,18-,19+,20-,22+/m1/s1. The Labute approximate surface area is 196 Å². The number of phenols is 5. The first-order valence-corrected chi connectivity index (χ1v) is 10.00. The van der Waals surface area contributed by atoms with Crippen LogP contribution in [0.25, 0.3) is 6.08 Å². The number of ether oxygens (including phenoxy) is 3. The highest BCUT2D eigenvalue weighted by Gasteiger charge is 2.46. The van der Waals surface area contributed by atoms with E-state index >= 15 is 0 Å². The summed E-state index contributed by atoms with van der Waals surface area (Å²) in [7, 11) is 0. The van der Waals surface area contributed by atoms with Gasteiger partial charge >= 0.3 is 11.9 Å². The van der Waals surface area contributed by atoms with Crippen LogP contribution in [0.1, 0.15) is 15.9 Å². The summed E-state index contributed by atoms with van der Waals surface area (Å²) in [6.07, 6.45) is -6.51. The second kappa shape index (κ2) is 10.5. The molecule has 188 valence electrons. The molecule has 2 aromatic carbocycles. The lowest BCUT2D eigenvalue weighted by atomic mass is 9.99. The SMILES string of the molecule is O=C(/C=C/c1ccc(O)c(O)c1)O[C@@H]1O[C@H](COC(=O)c2cc(O)c(O)c(O)c2)[C@@H](O)[C@H](O)[C@H]1O. The van der Waals surface area contributed by atoms with E-state index in [1.54, 1.807) is 0 Å². The van der Waals surface area contributed by atoms with E-state index in [4.69, 9.17) is 14.2 Å². The molecule has 5 atom stereocenters. The maximum absolute atomic E-state index is 12.2. The fourth-order valence-electron chi connectivity index (χ4n) is 3.08. The third-order valence-electron chi connectivity index (χ3n) is 5.00. The molecule has 13 heteroatoms. The number of aromatic hydroxyl groups is 5. The molecule has 0 aliphatic carbocycles. The summed E-state index contributed by atoms with van der Waals surface area (Å²) >= 11 is 0. The van der Waals surface area contributed by atoms with E-state index in [0.717, 1.165) is 18.2 Å². The Morgan fingerprint density at radius 1 is 0.857 bits per heavy atom. The fraction of sp³-hybridized carbons (Fsp3) is 0.273. The third-order valence-corrected chi connectivity index (χ3v) is 5.00. The van der Waals surface area contributed by atoms with Crippen molar-refractivity contribution in [1.82, 2.24) is 0 Å². The maximum atomic E-state index is 12.2. The monoisotopic (exact) mass is 494 g/mol. The zero-order chi connectivity index (χ0) is 25.9. The van der Waals surface area contributed by atoms with Gasteiger partial charge in [-0.3, -0.25) is 0 Å². The molecule has 0 radical (unpaired) electrons. The van der Waals surface area contributed by atoms with E-state index in [0.29, 0.717) is 5.56 Å². The van der Waals surface area contributed by atoms with Gasteiger partial charge in [0.05, 0.1) is 5.56 Å². The van der Waals surface area contributed by atoms with E-state index in [1.807, 2.05) is 0 Å². The van der Waals surface area contributed by atoms with E-state index in [1.165, 1.54) is 24.3 Å². The molecule has 1 aliphatic heterocycles. The van der Waals surface area contributed by atoms with Gasteiger partial charge in [-0.25, -0.2) is 9.59 Å². The van der Waals surface area contributed by atoms with Gasteiger partial charge in [0.2, 0.25) is 6.29 Å². The van der Waals surface area contributed by atoms with Crippen molar-refractivity contribution in [3.8, 4) is 28.7 Å². The average molecular weight is 494 g/mol. The molecule has 0 bridgehead atoms. The molecule has 1 fully saturated rings. The molecule has 0 saturated carbocycles. The summed E-state index contributed by atoms with van der Waals surface area (Å²) in [4.78, 5) is 24.3. The van der Waals surface area contributed by atoms with Gasteiger partial charge in [-0.1, -0.05) is 6.07 Å². The predicted octanol–water partition coefficient (Wildman–Crippen LogP) is -0.564. The van der Waals surface area contributed by atoms with Gasteiger partial charge in [0.15, 0.2) is 28.7 Å². The van der Waals surface area contributed by atoms with Gasteiger partial charge in [0.1, 0.15) is 31.0 Å². The number of benzene rings is 2. The Hall–Kier alpha value is -4.04. The van der Waals surface area contributed by atoms with Crippen LogP contribution in [0.3, 0.4) is 0 Å². The van der Waals surface area contributed by atoms with Crippen molar-refractivity contribution in [3.63, 3.8) is 0 Å². The molecule has 8 N–H and O–H groups in total. The predicted molar refractivity (Wildman–Crippen MR) is 113 cm³/mol. The number of hydrogen-bond acceptors (Lipinski definition) is 13. The van der Waals surface area contributed by atoms with Gasteiger partial charge in [-0.15, -0.1) is 0 Å². The van der Waals surface area contributed by atoms with Crippen LogP contribution >= 0.6 is 0 Å². The number of hydrogen-bond donors (Lipinski definition) is 8. The first-order valence-electron chi connectivity index (χ1n) is 10.00. The van der Waals surface area contributed by atoms with Gasteiger partial charge < -0.3 is 55.1 Å². The summed E-state index contributed by atoms with van der Waals surface area (Å²) < 4.78 is 15.1. The first-order chi connectivity index (χ1) is 16.5. The van der Waals surface area contributed by atoms with Crippen molar-refractivity contribution in [2.24, 2.45) is 0 Å². The quantitative estimate of drug-likeness (QED) is 0.143. The van der Waals surface area contributed by atoms with Gasteiger partial charge in [0.25, 0.3) is 0 Å². The van der Waals surface area contributed by atoms with E-state index in [-0.39, 0.29) is 11.3 Å². The fourth-order valence-corrected chi connectivity index (χ4v) is 3.08. The largest absolute Gasteiger partial charge is 0.504 e. The van der Waals surface area contributed by atoms with Crippen molar-refractivity contribution < 1.29 is 64.7 Å². The molecule has 2 aromatic rings. The van der Waals surface area contributed by atoms with Crippen LogP contribution in [0.2, 0.25) is 0 Å². The highest BCUT2D eigenvalue weighted by Crippen LogP contribution is 2.35. The molecule has 1 heterocycles. The zero-order valence-corrected chi connectivity index (χ0v) is 17.8. The minimum atomic E-state index is -1.85. The number of esters is 2. The zero-order valence-electron chi connectivity index (χ0n) is 17.8. The summed E-state index contributed by atoms with van der Waals surface area (Å²) in [5.41, 5.74) is -0.0222. The molecule has 0 spiro atoms. The molecule has 0 aromatic heterocycles. The second-order valence-electron chi connectivity index (χ2n) is 7.49. The summed E-state index contributed by atoms with van der Waals surface area (Å²) in [6, 6.07) is 5.39. The number of carbonyl (C=O) groups is 2. The van der Waals surface area contributed by atoms with Crippen molar-refractivity contribution in [2.45, 2.75) is 30.7 Å². The molecular formula is C22H22O13. The minimum Gasteiger partial charge on any atom is -0.504 e. The molecule has 1 aliphatic rings. The Morgan fingerprint density at radius 3 is 2.14 bits per heavy atom. The van der Waals surface area contributed by atoms with E-state index < -0.39 is 72.2 Å². The highest BCUT2D eigenvalue weighted by atomic mass is 16.7. The number of phenolic OH excluding ortho intramolecular Hbond substituents is 5. The Bertz CT molecular complexity index is 1110. The summed E-state index contributed by atoms with van der Waals surface area (Å²) in [5.74, 6) is -5.32. The Morgan fingerprint density at radius 2 is 1.51 bits per heavy atom. The van der Waals surface area contributed by atoms with Crippen molar-refractivity contribution in [1.29, 1.82) is 0 Å². The Balaban J connectivity index is 1.63. The number of carbonyl (C=O) groups excluding carboxylic acids is 2. The van der Waals surface area contributed by atoms with E-state index in [2.05, 4.69) is 0 Å².